The summed E-state index contributed by atoms with van der Waals surface area (Å²) in [4.78, 5) is 8.65. The summed E-state index contributed by atoms with van der Waals surface area (Å²) in [6.45, 7) is -0.383. The fourth-order valence-electron chi connectivity index (χ4n) is 3.16. The van der Waals surface area contributed by atoms with Crippen molar-refractivity contribution in [3.63, 3.8) is 0 Å². The SMILES string of the molecule is OC[C@H]1O[C@@H](n2ccc3c(SCc4ccc(Cl)cc4Cl)ncnc32)[C@H](O)[C@@H]1O. The summed E-state index contributed by atoms with van der Waals surface area (Å²) in [7, 11) is 0. The van der Waals surface area contributed by atoms with Crippen LogP contribution >= 0.6 is 35.0 Å². The molecule has 0 bridgehead atoms. The number of ether oxygens (including phenoxy) is 1. The third-order valence-electron chi connectivity index (χ3n) is 4.64. The molecule has 1 saturated heterocycles. The molecule has 0 unspecified atom stereocenters. The van der Waals surface area contributed by atoms with E-state index in [2.05, 4.69) is 9.97 Å². The van der Waals surface area contributed by atoms with Crippen LogP contribution in [0.4, 0.5) is 0 Å². The predicted molar refractivity (Wildman–Crippen MR) is 107 cm³/mol. The molecule has 3 aromatic rings. The van der Waals surface area contributed by atoms with Gasteiger partial charge in [-0.3, -0.25) is 0 Å². The van der Waals surface area contributed by atoms with Crippen LogP contribution in [0, 0.1) is 0 Å². The van der Waals surface area contributed by atoms with Gasteiger partial charge in [-0.2, -0.15) is 0 Å². The predicted octanol–water partition coefficient (Wildman–Crippen LogP) is 2.64. The van der Waals surface area contributed by atoms with Gasteiger partial charge in [0.25, 0.3) is 0 Å². The lowest BCUT2D eigenvalue weighted by molar-refractivity contribution is -0.0508. The largest absolute Gasteiger partial charge is 0.394 e. The first-order valence-electron chi connectivity index (χ1n) is 8.50. The normalized spacial score (nSPS) is 24.9. The van der Waals surface area contributed by atoms with E-state index in [9.17, 15) is 15.3 Å². The minimum absolute atomic E-state index is 0.383. The van der Waals surface area contributed by atoms with Crippen LogP contribution in [0.25, 0.3) is 11.0 Å². The fourth-order valence-corrected chi connectivity index (χ4v) is 4.70. The molecule has 28 heavy (non-hydrogen) atoms. The Balaban J connectivity index is 1.60. The van der Waals surface area contributed by atoms with E-state index in [1.165, 1.54) is 18.1 Å². The molecular formula is C18H17Cl2N3O4S. The lowest BCUT2D eigenvalue weighted by atomic mass is 10.1. The molecule has 1 aliphatic rings. The highest BCUT2D eigenvalue weighted by molar-refractivity contribution is 7.98. The lowest BCUT2D eigenvalue weighted by Gasteiger charge is -2.17. The molecule has 0 spiro atoms. The minimum Gasteiger partial charge on any atom is -0.394 e. The van der Waals surface area contributed by atoms with Gasteiger partial charge in [0.05, 0.1) is 12.0 Å². The minimum atomic E-state index is -1.17. The number of aliphatic hydroxyl groups is 3. The zero-order valence-electron chi connectivity index (χ0n) is 14.4. The van der Waals surface area contributed by atoms with E-state index in [0.717, 1.165) is 16.0 Å². The van der Waals surface area contributed by atoms with Gasteiger partial charge in [-0.15, -0.1) is 11.8 Å². The van der Waals surface area contributed by atoms with Crippen molar-refractivity contribution >= 4 is 46.0 Å². The van der Waals surface area contributed by atoms with E-state index in [1.54, 1.807) is 22.9 Å². The molecule has 1 aliphatic heterocycles. The Hall–Kier alpha value is -1.39. The summed E-state index contributed by atoms with van der Waals surface area (Å²) in [5, 5.41) is 32.3. The molecule has 3 heterocycles. The van der Waals surface area contributed by atoms with Crippen molar-refractivity contribution in [3.8, 4) is 0 Å². The molecule has 10 heteroatoms. The van der Waals surface area contributed by atoms with Gasteiger partial charge in [0, 0.05) is 22.0 Å². The first kappa shape index (κ1) is 19.9. The van der Waals surface area contributed by atoms with Gasteiger partial charge in [0.15, 0.2) is 6.23 Å². The number of hydrogen-bond donors (Lipinski definition) is 3. The highest BCUT2D eigenvalue weighted by Gasteiger charge is 2.43. The first-order valence-corrected chi connectivity index (χ1v) is 10.2. The molecule has 0 radical (unpaired) electrons. The highest BCUT2D eigenvalue weighted by Crippen LogP contribution is 2.35. The van der Waals surface area contributed by atoms with Gasteiger partial charge in [0.1, 0.15) is 35.3 Å². The van der Waals surface area contributed by atoms with E-state index in [4.69, 9.17) is 27.9 Å². The summed E-state index contributed by atoms with van der Waals surface area (Å²) in [5.41, 5.74) is 1.50. The highest BCUT2D eigenvalue weighted by atomic mass is 35.5. The maximum absolute atomic E-state index is 10.3. The summed E-state index contributed by atoms with van der Waals surface area (Å²) in [6.07, 6.45) is -0.879. The Kier molecular flexibility index (Phi) is 5.80. The molecule has 1 aromatic carbocycles. The number of benzene rings is 1. The number of aromatic nitrogens is 3. The quantitative estimate of drug-likeness (QED) is 0.413. The van der Waals surface area contributed by atoms with Gasteiger partial charge in [-0.05, 0) is 23.8 Å². The number of rotatable bonds is 5. The zero-order valence-corrected chi connectivity index (χ0v) is 16.8. The van der Waals surface area contributed by atoms with Crippen molar-refractivity contribution in [1.82, 2.24) is 14.5 Å². The number of nitrogens with zero attached hydrogens (tertiary/aromatic N) is 3. The van der Waals surface area contributed by atoms with Gasteiger partial charge >= 0.3 is 0 Å². The number of halogens is 2. The van der Waals surface area contributed by atoms with E-state index in [-0.39, 0.29) is 6.61 Å². The van der Waals surface area contributed by atoms with E-state index in [0.29, 0.717) is 21.4 Å². The average molecular weight is 442 g/mol. The molecule has 0 aliphatic carbocycles. The van der Waals surface area contributed by atoms with Crippen molar-refractivity contribution in [2.45, 2.75) is 35.3 Å². The smallest absolute Gasteiger partial charge is 0.164 e. The Morgan fingerprint density at radius 3 is 2.68 bits per heavy atom. The van der Waals surface area contributed by atoms with Gasteiger partial charge in [-0.1, -0.05) is 29.3 Å². The summed E-state index contributed by atoms with van der Waals surface area (Å²) >= 11 is 13.7. The number of thioether (sulfide) groups is 1. The van der Waals surface area contributed by atoms with Crippen molar-refractivity contribution < 1.29 is 20.1 Å². The first-order chi connectivity index (χ1) is 13.5. The van der Waals surface area contributed by atoms with E-state index in [1.807, 2.05) is 12.1 Å². The third kappa shape index (κ3) is 3.61. The second kappa shape index (κ2) is 8.16. The van der Waals surface area contributed by atoms with Crippen LogP contribution in [-0.4, -0.2) is 54.8 Å². The van der Waals surface area contributed by atoms with Crippen LogP contribution in [0.5, 0.6) is 0 Å². The lowest BCUT2D eigenvalue weighted by Crippen LogP contribution is -2.33. The topological polar surface area (TPSA) is 101 Å². The van der Waals surface area contributed by atoms with Crippen LogP contribution < -0.4 is 0 Å². The zero-order chi connectivity index (χ0) is 19.8. The van der Waals surface area contributed by atoms with Gasteiger partial charge in [0.2, 0.25) is 0 Å². The molecule has 7 nitrogen and oxygen atoms in total. The monoisotopic (exact) mass is 441 g/mol. The Morgan fingerprint density at radius 2 is 1.96 bits per heavy atom. The van der Waals surface area contributed by atoms with Crippen LogP contribution in [0.15, 0.2) is 41.8 Å². The third-order valence-corrected chi connectivity index (χ3v) is 6.28. The summed E-state index contributed by atoms with van der Waals surface area (Å²) in [5.74, 6) is 0.598. The summed E-state index contributed by atoms with van der Waals surface area (Å²) < 4.78 is 7.24. The Morgan fingerprint density at radius 1 is 1.14 bits per heavy atom. The molecule has 1 fully saturated rings. The second-order valence-corrected chi connectivity index (χ2v) is 8.20. The molecule has 4 atom stereocenters. The maximum Gasteiger partial charge on any atom is 0.164 e. The number of hydrogen-bond acceptors (Lipinski definition) is 7. The number of aliphatic hydroxyl groups excluding tert-OH is 3. The van der Waals surface area contributed by atoms with E-state index < -0.39 is 24.5 Å². The molecule has 3 N–H and O–H groups in total. The molecule has 148 valence electrons. The fraction of sp³-hybridized carbons (Fsp3) is 0.333. The summed E-state index contributed by atoms with van der Waals surface area (Å²) in [6, 6.07) is 7.19. The average Bonchev–Trinajstić information content (AvgIpc) is 3.23. The Bertz CT molecular complexity index is 1000. The van der Waals surface area contributed by atoms with Gasteiger partial charge < -0.3 is 24.6 Å². The standard InChI is InChI=1S/C18H17Cl2N3O4S/c19-10-2-1-9(12(20)5-10)7-28-17-11-3-4-23(16(11)21-8-22-17)18-15(26)14(25)13(6-24)27-18/h1-5,8,13-15,18,24-26H,6-7H2/t13-,14-,15-,18-/m1/s1. The van der Waals surface area contributed by atoms with Gasteiger partial charge in [-0.25, -0.2) is 9.97 Å². The van der Waals surface area contributed by atoms with Crippen molar-refractivity contribution in [2.24, 2.45) is 0 Å². The molecule has 0 saturated carbocycles. The second-order valence-electron chi connectivity index (χ2n) is 6.39. The molecule has 4 rings (SSSR count). The van der Waals surface area contributed by atoms with Crippen molar-refractivity contribution in [3.05, 3.63) is 52.4 Å². The van der Waals surface area contributed by atoms with Crippen molar-refractivity contribution in [2.75, 3.05) is 6.61 Å². The molecule has 0 amide bonds. The maximum atomic E-state index is 10.3. The van der Waals surface area contributed by atoms with Crippen LogP contribution in [0.2, 0.25) is 10.0 Å². The molecular weight excluding hydrogens is 425 g/mol. The van der Waals surface area contributed by atoms with E-state index >= 15 is 0 Å². The molecule has 2 aromatic heterocycles. The van der Waals surface area contributed by atoms with Crippen LogP contribution in [-0.2, 0) is 10.5 Å². The number of fused-ring (bicyclic) bond motifs is 1. The van der Waals surface area contributed by atoms with Crippen molar-refractivity contribution in [1.29, 1.82) is 0 Å². The van der Waals surface area contributed by atoms with Crippen LogP contribution in [0.3, 0.4) is 0 Å². The Labute approximate surface area is 174 Å². The van der Waals surface area contributed by atoms with Crippen LogP contribution in [0.1, 0.15) is 11.8 Å².